The van der Waals surface area contributed by atoms with Crippen LogP contribution in [-0.2, 0) is 56.6 Å². The monoisotopic (exact) mass is 625 g/mol. The summed E-state index contributed by atoms with van der Waals surface area (Å²) in [6.07, 6.45) is 0. The summed E-state index contributed by atoms with van der Waals surface area (Å²) in [5.41, 5.74) is 0. The number of hydrogen-bond donors (Lipinski definition) is 0. The van der Waals surface area contributed by atoms with E-state index in [1.165, 1.54) is 0 Å². The third-order valence-electron chi connectivity index (χ3n) is 1.07. The van der Waals surface area contributed by atoms with Crippen molar-refractivity contribution in [2.24, 2.45) is 0 Å². The largest absolute Gasteiger partial charge is 2.00 e. The van der Waals surface area contributed by atoms with Crippen molar-refractivity contribution in [1.82, 2.24) is 0 Å². The Morgan fingerprint density at radius 1 is 0.538 bits per heavy atom. The molecule has 14 heteroatoms. The molecule has 0 heterocycles. The Morgan fingerprint density at radius 2 is 0.654 bits per heavy atom. The number of aliphatic carboxylic acids is 2. The molecule has 0 spiro atoms. The number of carboxylic acids is 2. The minimum absolute atomic E-state index is 0. The fourth-order valence-corrected chi connectivity index (χ4v) is 7.28. The van der Waals surface area contributed by atoms with Crippen LogP contribution in [0.4, 0.5) is 0 Å². The van der Waals surface area contributed by atoms with Gasteiger partial charge in [-0.05, 0) is 13.8 Å². The standard InChI is InChI=1S/6C2H4O2.Cu.Pb/c6*1-2(3)4;;/h6*1H3,(H,3,4);;/q;;;;;;+2;+4/p-6. The minimum atomic E-state index is -5.43. The minimum Gasteiger partial charge on any atom is 2.00 e. The van der Waals surface area contributed by atoms with E-state index in [1.54, 1.807) is 0 Å². The van der Waals surface area contributed by atoms with Crippen LogP contribution in [0, 0.1) is 0 Å². The Labute approximate surface area is 166 Å². The molecule has 0 N–H and O–H groups in total. The summed E-state index contributed by atoms with van der Waals surface area (Å²) in [4.78, 5) is 61.2. The van der Waals surface area contributed by atoms with Gasteiger partial charge in [-0.3, -0.25) is 0 Å². The van der Waals surface area contributed by atoms with Crippen molar-refractivity contribution in [3.8, 4) is 0 Å². The van der Waals surface area contributed by atoms with E-state index in [-0.39, 0.29) is 17.1 Å². The molecule has 0 aromatic heterocycles. The van der Waals surface area contributed by atoms with Gasteiger partial charge in [0.25, 0.3) is 0 Å². The summed E-state index contributed by atoms with van der Waals surface area (Å²) in [5, 5.41) is 17.8. The van der Waals surface area contributed by atoms with Crippen LogP contribution in [0.25, 0.3) is 0 Å². The van der Waals surface area contributed by atoms with E-state index in [9.17, 15) is 19.2 Å². The molecule has 0 aliphatic heterocycles. The first-order valence-corrected chi connectivity index (χ1v) is 12.6. The SMILES string of the molecule is CC(=O)[O-].CC(=O)[O-].CC(=O)[O][Pb]([O]C(C)=O)([O]C(C)=O)[O]C(C)=O.[Cu+2]. The Morgan fingerprint density at radius 3 is 0.731 bits per heavy atom. The van der Waals surface area contributed by atoms with Gasteiger partial charge in [0.15, 0.2) is 0 Å². The molecule has 0 rings (SSSR count). The maximum absolute atomic E-state index is 10.9. The Bertz CT molecular complexity index is 429. The number of rotatable bonds is 4. The van der Waals surface area contributed by atoms with E-state index in [4.69, 9.17) is 19.8 Å². The summed E-state index contributed by atoms with van der Waals surface area (Å²) >= 11 is -5.43. The second-order valence-electron chi connectivity index (χ2n) is 3.86. The van der Waals surface area contributed by atoms with Gasteiger partial charge < -0.3 is 19.8 Å². The van der Waals surface area contributed by atoms with Crippen LogP contribution in [-0.4, -0.2) is 58.8 Å². The molecular formula is C12H18CuO12Pb. The summed E-state index contributed by atoms with van der Waals surface area (Å²) in [7, 11) is 0. The van der Waals surface area contributed by atoms with Crippen LogP contribution in [0.1, 0.15) is 41.5 Å². The molecule has 26 heavy (non-hydrogen) atoms. The molecule has 0 aliphatic rings. The Balaban J connectivity index is -0.000000226. The summed E-state index contributed by atoms with van der Waals surface area (Å²) in [6, 6.07) is 0. The van der Waals surface area contributed by atoms with Crippen molar-refractivity contribution in [2.45, 2.75) is 41.5 Å². The van der Waals surface area contributed by atoms with Crippen molar-refractivity contribution < 1.29 is 66.8 Å². The topological polar surface area (TPSA) is 185 Å². The van der Waals surface area contributed by atoms with Gasteiger partial charge in [-0.1, -0.05) is 0 Å². The maximum Gasteiger partial charge on any atom is 2.00 e. The first-order valence-electron chi connectivity index (χ1n) is 6.27. The van der Waals surface area contributed by atoms with Crippen molar-refractivity contribution in [2.75, 3.05) is 0 Å². The molecule has 0 saturated carbocycles. The predicted molar refractivity (Wildman–Crippen MR) is 74.2 cm³/mol. The molecule has 12 nitrogen and oxygen atoms in total. The molecule has 0 saturated heterocycles. The van der Waals surface area contributed by atoms with Crippen molar-refractivity contribution in [3.05, 3.63) is 0 Å². The third kappa shape index (κ3) is 30.2. The van der Waals surface area contributed by atoms with Crippen molar-refractivity contribution >= 4 is 58.8 Å². The maximum atomic E-state index is 10.9. The zero-order valence-electron chi connectivity index (χ0n) is 14.7. The molecule has 0 fully saturated rings. The number of carbonyl (C=O) groups excluding carboxylic acids is 6. The Hall–Kier alpha value is -1.74. The molecule has 153 valence electrons. The summed E-state index contributed by atoms with van der Waals surface area (Å²) < 4.78 is 18.5. The first kappa shape index (κ1) is 32.0. The van der Waals surface area contributed by atoms with Gasteiger partial charge in [0, 0.05) is 11.9 Å². The van der Waals surface area contributed by atoms with Gasteiger partial charge in [-0.2, -0.15) is 0 Å². The van der Waals surface area contributed by atoms with Gasteiger partial charge in [0.2, 0.25) is 0 Å². The summed E-state index contributed by atoms with van der Waals surface area (Å²) in [5.74, 6) is -5.68. The molecule has 0 unspecified atom stereocenters. The number of carboxylic acid groups (broad SMARTS) is 2. The van der Waals surface area contributed by atoms with Gasteiger partial charge in [0.05, 0.1) is 0 Å². The van der Waals surface area contributed by atoms with Crippen LogP contribution >= 0.6 is 0 Å². The first-order chi connectivity index (χ1) is 11.1. The molecule has 1 radical (unpaired) electrons. The third-order valence-corrected chi connectivity index (χ3v) is 9.43. The van der Waals surface area contributed by atoms with E-state index in [2.05, 4.69) is 10.7 Å². The molecule has 0 amide bonds. The smallest absolute Gasteiger partial charge is 2.00 e. The zero-order valence-corrected chi connectivity index (χ0v) is 19.5. The average molecular weight is 625 g/mol. The molecule has 0 aliphatic carbocycles. The van der Waals surface area contributed by atoms with Crippen LogP contribution in [0.3, 0.4) is 0 Å². The van der Waals surface area contributed by atoms with Crippen molar-refractivity contribution in [1.29, 1.82) is 0 Å². The van der Waals surface area contributed by atoms with Crippen LogP contribution in [0.2, 0.25) is 0 Å². The zero-order chi connectivity index (χ0) is 20.8. The van der Waals surface area contributed by atoms with Gasteiger partial charge in [0.1, 0.15) is 0 Å². The van der Waals surface area contributed by atoms with E-state index >= 15 is 0 Å². The predicted octanol–water partition coefficient (Wildman–Crippen LogP) is -2.82. The van der Waals surface area contributed by atoms with E-state index in [0.29, 0.717) is 0 Å². The van der Waals surface area contributed by atoms with Gasteiger partial charge >= 0.3 is 122 Å². The Kier molecular flexibility index (Phi) is 20.6. The second kappa shape index (κ2) is 16.7. The second-order valence-corrected chi connectivity index (χ2v) is 10.9. The van der Waals surface area contributed by atoms with Crippen LogP contribution < -0.4 is 10.2 Å². The van der Waals surface area contributed by atoms with E-state index in [1.807, 2.05) is 0 Å². The fraction of sp³-hybridized carbons (Fsp3) is 0.500. The van der Waals surface area contributed by atoms with Gasteiger partial charge in [-0.15, -0.1) is 0 Å². The average Bonchev–Trinajstić information content (AvgIpc) is 2.20. The number of hydrogen-bond acceptors (Lipinski definition) is 12. The van der Waals surface area contributed by atoms with Crippen molar-refractivity contribution in [3.63, 3.8) is 0 Å². The molecule has 0 atom stereocenters. The molecule has 0 aromatic carbocycles. The van der Waals surface area contributed by atoms with Crippen LogP contribution in [0.15, 0.2) is 0 Å². The molecular weight excluding hydrogens is 607 g/mol. The molecule has 0 bridgehead atoms. The molecule has 0 aromatic rings. The fourth-order valence-electron chi connectivity index (χ4n) is 0.829. The quantitative estimate of drug-likeness (QED) is 0.293. The normalized spacial score (nSPS) is 8.54. The van der Waals surface area contributed by atoms with E-state index < -0.39 is 58.8 Å². The van der Waals surface area contributed by atoms with Crippen LogP contribution in [0.5, 0.6) is 0 Å². The summed E-state index contributed by atoms with van der Waals surface area (Å²) in [6.45, 7) is 5.97. The van der Waals surface area contributed by atoms with Gasteiger partial charge in [-0.25, -0.2) is 0 Å². The van der Waals surface area contributed by atoms with E-state index in [0.717, 1.165) is 41.5 Å². The number of carbonyl (C=O) groups is 6.